The molecule has 2 atom stereocenters. The summed E-state index contributed by atoms with van der Waals surface area (Å²) in [6, 6.07) is 21.6. The Hall–Kier alpha value is -2.09. The van der Waals surface area contributed by atoms with Gasteiger partial charge in [-0.25, -0.2) is 0 Å². The Balaban J connectivity index is 1.47. The molecular weight excluding hydrogens is 659 g/mol. The summed E-state index contributed by atoms with van der Waals surface area (Å²) in [5.74, 6) is 1.25. The van der Waals surface area contributed by atoms with Crippen molar-refractivity contribution in [2.45, 2.75) is 92.2 Å². The maximum absolute atomic E-state index is 11.9. The SMILES string of the molecule is CCCCC[C@H](OCc1ccc(OC)cc1)c1ccc(C2=[C]([Sn]([CH3])([CH3])[CH3])CCC2CCCc2ccc(C(=O)OC)s2)cc1. The van der Waals surface area contributed by atoms with Crippen LogP contribution in [0.4, 0.5) is 0 Å². The zero-order valence-corrected chi connectivity index (χ0v) is 30.7. The van der Waals surface area contributed by atoms with Gasteiger partial charge in [0, 0.05) is 0 Å². The van der Waals surface area contributed by atoms with E-state index in [1.165, 1.54) is 67.2 Å². The van der Waals surface area contributed by atoms with Crippen LogP contribution in [0.15, 0.2) is 64.3 Å². The van der Waals surface area contributed by atoms with E-state index in [0.717, 1.165) is 25.0 Å². The third kappa shape index (κ3) is 9.45. The van der Waals surface area contributed by atoms with Crippen molar-refractivity contribution in [3.63, 3.8) is 0 Å². The second-order valence-corrected chi connectivity index (χ2v) is 28.5. The quantitative estimate of drug-likeness (QED) is 0.0844. The summed E-state index contributed by atoms with van der Waals surface area (Å²) in [4.78, 5) is 21.5. The first-order chi connectivity index (χ1) is 20.7. The van der Waals surface area contributed by atoms with E-state index in [4.69, 9.17) is 14.2 Å². The third-order valence-corrected chi connectivity index (χ3v) is 16.5. The Bertz CT molecular complexity index is 1330. The monoisotopic (exact) mass is 710 g/mol. The van der Waals surface area contributed by atoms with Crippen molar-refractivity contribution < 1.29 is 19.0 Å². The third-order valence-electron chi connectivity index (χ3n) is 8.68. The van der Waals surface area contributed by atoms with Crippen molar-refractivity contribution in [1.29, 1.82) is 0 Å². The average molecular weight is 710 g/mol. The van der Waals surface area contributed by atoms with E-state index in [1.54, 1.807) is 24.0 Å². The summed E-state index contributed by atoms with van der Waals surface area (Å²) in [6.45, 7) is 2.86. The van der Waals surface area contributed by atoms with Crippen LogP contribution in [-0.4, -0.2) is 38.6 Å². The van der Waals surface area contributed by atoms with Crippen molar-refractivity contribution in [1.82, 2.24) is 0 Å². The standard InChI is InChI=1S/C34H41O4S.3CH3.Sn/c1-4-5-6-13-32(38-24-25-14-20-29(36-2)21-15-25)28-18-16-27(17-19-28)31-12-8-10-26(31)9-7-11-30-22-23-33(39-30)34(35)37-3;;;;/h14-23,26,32H,4-11,13,24H2,1-3H3;3*1H3;/t26?,32-;;;;/m0..../s1. The zero-order chi connectivity index (χ0) is 30.8. The fourth-order valence-corrected chi connectivity index (χ4v) is 13.1. The van der Waals surface area contributed by atoms with Crippen LogP contribution in [0.2, 0.25) is 14.8 Å². The molecule has 0 radical (unpaired) electrons. The van der Waals surface area contributed by atoms with Gasteiger partial charge in [0.25, 0.3) is 0 Å². The van der Waals surface area contributed by atoms with Crippen molar-refractivity contribution >= 4 is 41.3 Å². The van der Waals surface area contributed by atoms with Gasteiger partial charge in [0.2, 0.25) is 0 Å². The van der Waals surface area contributed by atoms with Gasteiger partial charge in [-0.1, -0.05) is 0 Å². The molecular formula is C37H50O4SSn. The van der Waals surface area contributed by atoms with Gasteiger partial charge in [0.1, 0.15) is 5.75 Å². The number of thiophene rings is 1. The van der Waals surface area contributed by atoms with Crippen LogP contribution in [0, 0.1) is 5.92 Å². The van der Waals surface area contributed by atoms with Gasteiger partial charge in [-0.05, 0) is 0 Å². The molecule has 0 saturated carbocycles. The maximum atomic E-state index is 11.9. The van der Waals surface area contributed by atoms with Crippen LogP contribution in [0.5, 0.6) is 5.75 Å². The molecule has 232 valence electrons. The Morgan fingerprint density at radius 2 is 1.70 bits per heavy atom. The molecule has 1 aliphatic rings. The number of hydrogen-bond donors (Lipinski definition) is 0. The van der Waals surface area contributed by atoms with Gasteiger partial charge in [0.15, 0.2) is 0 Å². The molecule has 4 nitrogen and oxygen atoms in total. The predicted molar refractivity (Wildman–Crippen MR) is 183 cm³/mol. The second-order valence-electron chi connectivity index (χ2n) is 12.8. The van der Waals surface area contributed by atoms with E-state index in [9.17, 15) is 4.79 Å². The van der Waals surface area contributed by atoms with Crippen LogP contribution in [0.1, 0.15) is 95.6 Å². The van der Waals surface area contributed by atoms with Crippen LogP contribution in [-0.2, 0) is 22.5 Å². The molecule has 0 amide bonds. The summed E-state index contributed by atoms with van der Waals surface area (Å²) in [7, 11) is 3.15. The van der Waals surface area contributed by atoms with Gasteiger partial charge in [-0.2, -0.15) is 0 Å². The summed E-state index contributed by atoms with van der Waals surface area (Å²) in [5, 5.41) is 0. The van der Waals surface area contributed by atoms with Crippen molar-refractivity contribution in [3.05, 3.63) is 90.7 Å². The first-order valence-corrected chi connectivity index (χ1v) is 26.8. The Morgan fingerprint density at radius 3 is 2.35 bits per heavy atom. The van der Waals surface area contributed by atoms with Gasteiger partial charge < -0.3 is 4.74 Å². The topological polar surface area (TPSA) is 44.8 Å². The molecule has 0 aliphatic heterocycles. The number of ether oxygens (including phenoxy) is 3. The minimum absolute atomic E-state index is 0.0954. The normalized spacial score (nSPS) is 16.0. The van der Waals surface area contributed by atoms with Gasteiger partial charge in [-0.3, -0.25) is 0 Å². The fourth-order valence-electron chi connectivity index (χ4n) is 6.29. The Kier molecular flexibility index (Phi) is 12.8. The first-order valence-electron chi connectivity index (χ1n) is 16.0. The molecule has 1 heterocycles. The molecule has 3 aromatic rings. The number of carbonyl (C=O) groups excluding carboxylic acids is 1. The Morgan fingerprint density at radius 1 is 0.953 bits per heavy atom. The molecule has 1 aromatic heterocycles. The average Bonchev–Trinajstić information content (AvgIpc) is 3.67. The number of methoxy groups -OCH3 is 2. The van der Waals surface area contributed by atoms with E-state index >= 15 is 0 Å². The summed E-state index contributed by atoms with van der Waals surface area (Å²) in [5.41, 5.74) is 5.52. The molecule has 6 heteroatoms. The molecule has 0 N–H and O–H groups in total. The summed E-state index contributed by atoms with van der Waals surface area (Å²) in [6.07, 6.45) is 10.6. The van der Waals surface area contributed by atoms with Crippen LogP contribution >= 0.6 is 11.3 Å². The molecule has 0 bridgehead atoms. The van der Waals surface area contributed by atoms with Gasteiger partial charge >= 0.3 is 251 Å². The number of allylic oxidation sites excluding steroid dienone is 2. The first kappa shape index (κ1) is 33.8. The second kappa shape index (κ2) is 16.3. The van der Waals surface area contributed by atoms with Crippen molar-refractivity contribution in [3.8, 4) is 5.75 Å². The number of esters is 1. The van der Waals surface area contributed by atoms with Crippen LogP contribution < -0.4 is 4.74 Å². The predicted octanol–water partition coefficient (Wildman–Crippen LogP) is 10.4. The molecule has 1 aliphatic carbocycles. The number of carbonyl (C=O) groups is 1. The summed E-state index contributed by atoms with van der Waals surface area (Å²) < 4.78 is 18.6. The van der Waals surface area contributed by atoms with Crippen LogP contribution in [0.25, 0.3) is 5.57 Å². The van der Waals surface area contributed by atoms with E-state index in [0.29, 0.717) is 17.4 Å². The Labute approximate surface area is 267 Å². The molecule has 0 saturated heterocycles. The molecule has 0 fully saturated rings. The van der Waals surface area contributed by atoms with E-state index in [1.807, 2.05) is 21.8 Å². The van der Waals surface area contributed by atoms with E-state index in [-0.39, 0.29) is 12.1 Å². The number of hydrogen-bond acceptors (Lipinski definition) is 5. The molecule has 1 unspecified atom stereocenters. The number of rotatable bonds is 16. The van der Waals surface area contributed by atoms with E-state index < -0.39 is 18.4 Å². The van der Waals surface area contributed by atoms with Crippen molar-refractivity contribution in [2.24, 2.45) is 5.92 Å². The summed E-state index contributed by atoms with van der Waals surface area (Å²) >= 11 is -0.691. The molecule has 2 aromatic carbocycles. The minimum atomic E-state index is -2.26. The molecule has 0 spiro atoms. The van der Waals surface area contributed by atoms with Crippen LogP contribution in [0.3, 0.4) is 0 Å². The fraction of sp³-hybridized carbons (Fsp3) is 0.486. The van der Waals surface area contributed by atoms with Gasteiger partial charge in [0.05, 0.1) is 7.11 Å². The zero-order valence-electron chi connectivity index (χ0n) is 27.0. The molecule has 4 rings (SSSR count). The van der Waals surface area contributed by atoms with E-state index in [2.05, 4.69) is 64.2 Å². The van der Waals surface area contributed by atoms with Crippen molar-refractivity contribution in [2.75, 3.05) is 14.2 Å². The molecule has 43 heavy (non-hydrogen) atoms. The number of benzene rings is 2. The number of aryl methyl sites for hydroxylation is 1. The van der Waals surface area contributed by atoms with Gasteiger partial charge in [-0.15, -0.1) is 0 Å². The number of unbranched alkanes of at least 4 members (excludes halogenated alkanes) is 2.